The van der Waals surface area contributed by atoms with Crippen LogP contribution in [0, 0.1) is 6.92 Å². The number of nitrogens with zero attached hydrogens (tertiary/aromatic N) is 3. The summed E-state index contributed by atoms with van der Waals surface area (Å²) in [5.74, 6) is 1.55. The van der Waals surface area contributed by atoms with Gasteiger partial charge in [0.25, 0.3) is 0 Å². The standard InChI is InChI=1S/C10H14N6/c1-6-3-9(12-4-8(6)11)15-7(2)10-13-5-14-16-10/h3-5,7H,11H2,1-2H3,(H,12,15)(H,13,14,16). The van der Waals surface area contributed by atoms with Gasteiger partial charge in [0.1, 0.15) is 18.0 Å². The van der Waals surface area contributed by atoms with E-state index in [1.54, 1.807) is 6.20 Å². The van der Waals surface area contributed by atoms with E-state index in [1.165, 1.54) is 6.33 Å². The Hall–Kier alpha value is -2.11. The number of aryl methyl sites for hydroxylation is 1. The molecule has 0 bridgehead atoms. The summed E-state index contributed by atoms with van der Waals surface area (Å²) in [6.45, 7) is 3.93. The normalized spacial score (nSPS) is 12.4. The highest BCUT2D eigenvalue weighted by molar-refractivity contribution is 5.51. The Labute approximate surface area is 93.3 Å². The van der Waals surface area contributed by atoms with Gasteiger partial charge in [0, 0.05) is 0 Å². The van der Waals surface area contributed by atoms with Crippen LogP contribution >= 0.6 is 0 Å². The molecule has 84 valence electrons. The van der Waals surface area contributed by atoms with Crippen molar-refractivity contribution < 1.29 is 0 Å². The molecular weight excluding hydrogens is 204 g/mol. The van der Waals surface area contributed by atoms with Crippen LogP contribution in [0.4, 0.5) is 11.5 Å². The third-order valence-electron chi connectivity index (χ3n) is 2.36. The Morgan fingerprint density at radius 1 is 1.44 bits per heavy atom. The number of hydrogen-bond donors (Lipinski definition) is 3. The zero-order chi connectivity index (χ0) is 11.5. The van der Waals surface area contributed by atoms with Gasteiger partial charge < -0.3 is 11.1 Å². The van der Waals surface area contributed by atoms with Crippen molar-refractivity contribution >= 4 is 11.5 Å². The fourth-order valence-electron chi connectivity index (χ4n) is 1.36. The first-order valence-corrected chi connectivity index (χ1v) is 5.00. The molecule has 0 aliphatic carbocycles. The quantitative estimate of drug-likeness (QED) is 0.721. The largest absolute Gasteiger partial charge is 0.397 e. The second kappa shape index (κ2) is 4.18. The third kappa shape index (κ3) is 2.10. The lowest BCUT2D eigenvalue weighted by atomic mass is 10.2. The first-order valence-electron chi connectivity index (χ1n) is 5.00. The molecule has 0 aliphatic rings. The molecule has 16 heavy (non-hydrogen) atoms. The summed E-state index contributed by atoms with van der Waals surface area (Å²) in [4.78, 5) is 8.26. The van der Waals surface area contributed by atoms with Crippen LogP contribution in [0.5, 0.6) is 0 Å². The van der Waals surface area contributed by atoms with Crippen molar-refractivity contribution in [2.45, 2.75) is 19.9 Å². The van der Waals surface area contributed by atoms with Crippen LogP contribution in [0.2, 0.25) is 0 Å². The van der Waals surface area contributed by atoms with Crippen molar-refractivity contribution in [3.8, 4) is 0 Å². The van der Waals surface area contributed by atoms with Gasteiger partial charge in [0.05, 0.1) is 17.9 Å². The molecule has 1 atom stereocenters. The van der Waals surface area contributed by atoms with Gasteiger partial charge in [-0.15, -0.1) is 0 Å². The van der Waals surface area contributed by atoms with Crippen LogP contribution in [0.25, 0.3) is 0 Å². The van der Waals surface area contributed by atoms with Gasteiger partial charge in [0.15, 0.2) is 0 Å². The Morgan fingerprint density at radius 3 is 2.88 bits per heavy atom. The number of hydrogen-bond acceptors (Lipinski definition) is 5. The van der Waals surface area contributed by atoms with Gasteiger partial charge in [-0.25, -0.2) is 9.97 Å². The summed E-state index contributed by atoms with van der Waals surface area (Å²) >= 11 is 0. The third-order valence-corrected chi connectivity index (χ3v) is 2.36. The maximum absolute atomic E-state index is 5.70. The molecule has 0 radical (unpaired) electrons. The van der Waals surface area contributed by atoms with Crippen LogP contribution in [0.1, 0.15) is 24.4 Å². The average Bonchev–Trinajstić information content (AvgIpc) is 2.77. The average molecular weight is 218 g/mol. The Morgan fingerprint density at radius 2 is 2.25 bits per heavy atom. The van der Waals surface area contributed by atoms with Gasteiger partial charge in [-0.3, -0.25) is 5.10 Å². The predicted molar refractivity (Wildman–Crippen MR) is 61.8 cm³/mol. The second-order valence-electron chi connectivity index (χ2n) is 3.66. The lowest BCUT2D eigenvalue weighted by Crippen LogP contribution is -2.10. The maximum atomic E-state index is 5.70. The van der Waals surface area contributed by atoms with Gasteiger partial charge >= 0.3 is 0 Å². The van der Waals surface area contributed by atoms with E-state index in [9.17, 15) is 0 Å². The Balaban J connectivity index is 2.12. The number of pyridine rings is 1. The molecule has 2 rings (SSSR count). The topological polar surface area (TPSA) is 92.5 Å². The molecule has 2 heterocycles. The monoisotopic (exact) mass is 218 g/mol. The Bertz CT molecular complexity index is 464. The SMILES string of the molecule is Cc1cc(NC(C)c2ncn[nH]2)ncc1N. The first kappa shape index (κ1) is 10.4. The second-order valence-corrected chi connectivity index (χ2v) is 3.66. The molecule has 1 unspecified atom stereocenters. The van der Waals surface area contributed by atoms with E-state index in [0.29, 0.717) is 5.69 Å². The molecule has 4 N–H and O–H groups in total. The molecule has 0 fully saturated rings. The van der Waals surface area contributed by atoms with Crippen molar-refractivity contribution in [3.63, 3.8) is 0 Å². The zero-order valence-electron chi connectivity index (χ0n) is 9.23. The first-order chi connectivity index (χ1) is 7.66. The Kier molecular flexibility index (Phi) is 2.72. The van der Waals surface area contributed by atoms with E-state index in [1.807, 2.05) is 19.9 Å². The van der Waals surface area contributed by atoms with E-state index in [0.717, 1.165) is 17.2 Å². The summed E-state index contributed by atoms with van der Waals surface area (Å²) in [5, 5.41) is 9.82. The zero-order valence-corrected chi connectivity index (χ0v) is 9.23. The minimum Gasteiger partial charge on any atom is -0.397 e. The van der Waals surface area contributed by atoms with Crippen LogP contribution in [-0.2, 0) is 0 Å². The van der Waals surface area contributed by atoms with Crippen molar-refractivity contribution in [2.75, 3.05) is 11.1 Å². The number of aromatic nitrogens is 4. The summed E-state index contributed by atoms with van der Waals surface area (Å²) < 4.78 is 0. The molecule has 0 spiro atoms. The molecule has 0 aromatic carbocycles. The van der Waals surface area contributed by atoms with Crippen LogP contribution in [0.3, 0.4) is 0 Å². The van der Waals surface area contributed by atoms with Crippen molar-refractivity contribution in [1.82, 2.24) is 20.2 Å². The minimum atomic E-state index is 0.0259. The molecule has 0 saturated heterocycles. The van der Waals surface area contributed by atoms with E-state index in [-0.39, 0.29) is 6.04 Å². The molecule has 0 aliphatic heterocycles. The summed E-state index contributed by atoms with van der Waals surface area (Å²) in [6, 6.07) is 1.93. The van der Waals surface area contributed by atoms with Crippen LogP contribution < -0.4 is 11.1 Å². The number of aromatic amines is 1. The minimum absolute atomic E-state index is 0.0259. The molecule has 0 amide bonds. The predicted octanol–water partition coefficient (Wildman–Crippen LogP) is 1.26. The highest BCUT2D eigenvalue weighted by Gasteiger charge is 2.08. The van der Waals surface area contributed by atoms with Gasteiger partial charge in [-0.1, -0.05) is 0 Å². The fourth-order valence-corrected chi connectivity index (χ4v) is 1.36. The summed E-state index contributed by atoms with van der Waals surface area (Å²) in [6.07, 6.45) is 3.12. The van der Waals surface area contributed by atoms with Crippen molar-refractivity contribution in [2.24, 2.45) is 0 Å². The fraction of sp³-hybridized carbons (Fsp3) is 0.300. The number of nitrogen functional groups attached to an aromatic ring is 1. The molecular formula is C10H14N6. The highest BCUT2D eigenvalue weighted by Crippen LogP contribution is 2.17. The number of nitrogens with two attached hydrogens (primary N) is 1. The lowest BCUT2D eigenvalue weighted by Gasteiger charge is -2.12. The highest BCUT2D eigenvalue weighted by atomic mass is 15.2. The number of rotatable bonds is 3. The van der Waals surface area contributed by atoms with Crippen molar-refractivity contribution in [1.29, 1.82) is 0 Å². The molecule has 0 saturated carbocycles. The summed E-state index contributed by atoms with van der Waals surface area (Å²) in [5.41, 5.74) is 7.39. The van der Waals surface area contributed by atoms with E-state index in [2.05, 4.69) is 25.5 Å². The molecule has 2 aromatic rings. The number of H-pyrrole nitrogens is 1. The number of nitrogens with one attached hydrogen (secondary N) is 2. The van der Waals surface area contributed by atoms with Crippen LogP contribution in [-0.4, -0.2) is 20.2 Å². The van der Waals surface area contributed by atoms with Gasteiger partial charge in [0.2, 0.25) is 0 Å². The van der Waals surface area contributed by atoms with E-state index < -0.39 is 0 Å². The number of anilines is 2. The lowest BCUT2D eigenvalue weighted by molar-refractivity contribution is 0.790. The van der Waals surface area contributed by atoms with Gasteiger partial charge in [-0.05, 0) is 25.5 Å². The molecule has 6 nitrogen and oxygen atoms in total. The maximum Gasteiger partial charge on any atom is 0.146 e. The summed E-state index contributed by atoms with van der Waals surface area (Å²) in [7, 11) is 0. The van der Waals surface area contributed by atoms with Crippen molar-refractivity contribution in [3.05, 3.63) is 30.0 Å². The van der Waals surface area contributed by atoms with Crippen LogP contribution in [0.15, 0.2) is 18.6 Å². The molecule has 2 aromatic heterocycles. The van der Waals surface area contributed by atoms with Gasteiger partial charge in [-0.2, -0.15) is 5.10 Å². The van der Waals surface area contributed by atoms with E-state index in [4.69, 9.17) is 5.73 Å². The smallest absolute Gasteiger partial charge is 0.146 e. The van der Waals surface area contributed by atoms with E-state index >= 15 is 0 Å². The molecule has 6 heteroatoms.